The zero-order valence-corrected chi connectivity index (χ0v) is 12.8. The number of nitrogen functional groups attached to an aromatic ring is 1. The number of aromatic nitrogens is 2. The second-order valence-electron chi connectivity index (χ2n) is 5.52. The third-order valence-electron chi connectivity index (χ3n) is 4.05. The van der Waals surface area contributed by atoms with E-state index in [4.69, 9.17) is 21.8 Å². The molecule has 23 heavy (non-hydrogen) atoms. The number of nitrogens with one attached hydrogen (secondary N) is 1. The fourth-order valence-electron chi connectivity index (χ4n) is 2.84. The van der Waals surface area contributed by atoms with E-state index >= 15 is 0 Å². The van der Waals surface area contributed by atoms with Crippen LogP contribution in [0.1, 0.15) is 6.42 Å². The molecule has 0 aromatic carbocycles. The number of anilines is 2. The van der Waals surface area contributed by atoms with Gasteiger partial charge in [0.25, 0.3) is 0 Å². The van der Waals surface area contributed by atoms with E-state index in [0.717, 1.165) is 0 Å². The summed E-state index contributed by atoms with van der Waals surface area (Å²) in [5, 5.41) is 32.5. The summed E-state index contributed by atoms with van der Waals surface area (Å²) in [5.74, 6) is -0.0928. The predicted octanol–water partition coefficient (Wildman–Crippen LogP) is 0.487. The van der Waals surface area contributed by atoms with Crippen molar-refractivity contribution in [2.24, 2.45) is 5.92 Å². The summed E-state index contributed by atoms with van der Waals surface area (Å²) in [6, 6.07) is 1.20. The van der Waals surface area contributed by atoms with Crippen LogP contribution in [0.5, 0.6) is 0 Å². The lowest BCUT2D eigenvalue weighted by atomic mass is 10.1. The molecule has 0 bridgehead atoms. The Morgan fingerprint density at radius 2 is 2.13 bits per heavy atom. The average Bonchev–Trinajstić information content (AvgIpc) is 3.11. The quantitative estimate of drug-likeness (QED) is 0.507. The Hall–Kier alpha value is -1.87. The highest BCUT2D eigenvalue weighted by Crippen LogP contribution is 2.36. The van der Waals surface area contributed by atoms with E-state index in [-0.39, 0.29) is 17.7 Å². The van der Waals surface area contributed by atoms with Gasteiger partial charge in [-0.25, -0.2) is 4.98 Å². The van der Waals surface area contributed by atoms with E-state index in [2.05, 4.69) is 15.3 Å². The highest BCUT2D eigenvalue weighted by Gasteiger charge is 2.41. The summed E-state index contributed by atoms with van der Waals surface area (Å²) in [7, 11) is 0. The van der Waals surface area contributed by atoms with Crippen LogP contribution < -0.4 is 11.1 Å². The van der Waals surface area contributed by atoms with Crippen LogP contribution in [-0.4, -0.2) is 50.1 Å². The Bertz CT molecular complexity index is 682. The molecule has 124 valence electrons. The molecule has 2 aromatic rings. The molecule has 8 nitrogen and oxygen atoms in total. The number of rotatable bonds is 4. The number of hydrogen-bond acceptors (Lipinski definition) is 8. The lowest BCUT2D eigenvalue weighted by Crippen LogP contribution is -2.35. The molecule has 1 aliphatic rings. The number of halogens is 1. The topological polar surface area (TPSA) is 138 Å². The van der Waals surface area contributed by atoms with Crippen molar-refractivity contribution >= 4 is 23.4 Å². The van der Waals surface area contributed by atoms with Gasteiger partial charge in [-0.1, -0.05) is 11.6 Å². The maximum Gasteiger partial charge on any atom is 0.223 e. The standard InChI is InChI=1S/C14H17ClN4O4/c15-12-9(6-1-2-23-5-6)13(19-14(16)18-12)17-8-3-7(4-20)10(21)11(8)22/h1-2,5,7-8,10-11,20-22H,3-4H2,(H3,16,17,18,19)/t7-,8-,10-,11+/m1/s1. The molecule has 3 rings (SSSR count). The molecule has 0 saturated heterocycles. The van der Waals surface area contributed by atoms with Gasteiger partial charge in [0.05, 0.1) is 30.2 Å². The molecule has 2 aromatic heterocycles. The fraction of sp³-hybridized carbons (Fsp3) is 0.429. The minimum atomic E-state index is -1.04. The second kappa shape index (κ2) is 6.32. The molecule has 0 amide bonds. The van der Waals surface area contributed by atoms with Gasteiger partial charge in [-0.15, -0.1) is 0 Å². The minimum absolute atomic E-state index is 0.0171. The SMILES string of the molecule is Nc1nc(Cl)c(-c2ccoc2)c(N[C@@H]2C[C@H](CO)[C@@H](O)[C@H]2O)n1. The van der Waals surface area contributed by atoms with Crippen molar-refractivity contribution in [3.8, 4) is 11.1 Å². The number of aliphatic hydroxyl groups is 3. The number of hydrogen-bond donors (Lipinski definition) is 5. The number of furan rings is 1. The first kappa shape index (κ1) is 16.0. The first-order chi connectivity index (χ1) is 11.0. The van der Waals surface area contributed by atoms with E-state index in [9.17, 15) is 15.3 Å². The Labute approximate surface area is 136 Å². The van der Waals surface area contributed by atoms with E-state index < -0.39 is 24.2 Å². The number of nitrogens with zero attached hydrogens (tertiary/aromatic N) is 2. The normalized spacial score (nSPS) is 27.3. The summed E-state index contributed by atoms with van der Waals surface area (Å²) < 4.78 is 5.06. The molecule has 0 unspecified atom stereocenters. The highest BCUT2D eigenvalue weighted by molar-refractivity contribution is 6.32. The smallest absolute Gasteiger partial charge is 0.223 e. The molecular formula is C14H17ClN4O4. The van der Waals surface area contributed by atoms with Crippen LogP contribution in [-0.2, 0) is 0 Å². The van der Waals surface area contributed by atoms with E-state index in [1.54, 1.807) is 6.07 Å². The average molecular weight is 341 g/mol. The molecule has 9 heteroatoms. The molecule has 0 aliphatic heterocycles. The Kier molecular flexibility index (Phi) is 4.40. The lowest BCUT2D eigenvalue weighted by molar-refractivity contribution is 0.00446. The first-order valence-corrected chi connectivity index (χ1v) is 7.48. The van der Waals surface area contributed by atoms with Crippen LogP contribution in [0, 0.1) is 5.92 Å². The largest absolute Gasteiger partial charge is 0.472 e. The Balaban J connectivity index is 1.94. The molecule has 0 radical (unpaired) electrons. The second-order valence-corrected chi connectivity index (χ2v) is 5.88. The van der Waals surface area contributed by atoms with E-state index in [0.29, 0.717) is 23.4 Å². The van der Waals surface area contributed by atoms with Gasteiger partial charge >= 0.3 is 0 Å². The molecule has 1 saturated carbocycles. The van der Waals surface area contributed by atoms with Crippen molar-refractivity contribution in [3.63, 3.8) is 0 Å². The Morgan fingerprint density at radius 1 is 1.35 bits per heavy atom. The van der Waals surface area contributed by atoms with Crippen molar-refractivity contribution in [3.05, 3.63) is 23.7 Å². The summed E-state index contributed by atoms with van der Waals surface area (Å²) in [4.78, 5) is 8.07. The molecular weight excluding hydrogens is 324 g/mol. The van der Waals surface area contributed by atoms with Crippen molar-refractivity contribution < 1.29 is 19.7 Å². The minimum Gasteiger partial charge on any atom is -0.472 e. The van der Waals surface area contributed by atoms with Gasteiger partial charge in [0.15, 0.2) is 0 Å². The van der Waals surface area contributed by atoms with Gasteiger partial charge in [-0.05, 0) is 12.5 Å². The number of nitrogens with two attached hydrogens (primary N) is 1. The first-order valence-electron chi connectivity index (χ1n) is 7.10. The summed E-state index contributed by atoms with van der Waals surface area (Å²) >= 11 is 6.17. The molecule has 1 aliphatic carbocycles. The fourth-order valence-corrected chi connectivity index (χ4v) is 3.13. The molecule has 0 spiro atoms. The van der Waals surface area contributed by atoms with Crippen LogP contribution >= 0.6 is 11.6 Å². The van der Waals surface area contributed by atoms with Crippen molar-refractivity contribution in [2.45, 2.75) is 24.7 Å². The summed E-state index contributed by atoms with van der Waals surface area (Å²) in [6.45, 7) is -0.211. The van der Waals surface area contributed by atoms with Crippen molar-refractivity contribution in [2.75, 3.05) is 17.7 Å². The van der Waals surface area contributed by atoms with E-state index in [1.807, 2.05) is 0 Å². The highest BCUT2D eigenvalue weighted by atomic mass is 35.5. The van der Waals surface area contributed by atoms with Gasteiger partial charge in [0.2, 0.25) is 5.95 Å². The van der Waals surface area contributed by atoms with Gasteiger partial charge in [0, 0.05) is 18.1 Å². The van der Waals surface area contributed by atoms with Crippen LogP contribution in [0.25, 0.3) is 11.1 Å². The van der Waals surface area contributed by atoms with Crippen LogP contribution in [0.2, 0.25) is 5.15 Å². The monoisotopic (exact) mass is 340 g/mol. The van der Waals surface area contributed by atoms with Crippen molar-refractivity contribution in [1.82, 2.24) is 9.97 Å². The predicted molar refractivity (Wildman–Crippen MR) is 83.8 cm³/mol. The van der Waals surface area contributed by atoms with Gasteiger partial charge in [0.1, 0.15) is 17.1 Å². The lowest BCUT2D eigenvalue weighted by Gasteiger charge is -2.20. The third-order valence-corrected chi connectivity index (χ3v) is 4.32. The molecule has 1 fully saturated rings. The zero-order chi connectivity index (χ0) is 16.6. The van der Waals surface area contributed by atoms with Gasteiger partial charge in [-0.2, -0.15) is 4.98 Å². The van der Waals surface area contributed by atoms with Crippen LogP contribution in [0.4, 0.5) is 11.8 Å². The number of aliphatic hydroxyl groups excluding tert-OH is 3. The third kappa shape index (κ3) is 2.98. The van der Waals surface area contributed by atoms with Crippen LogP contribution in [0.3, 0.4) is 0 Å². The zero-order valence-electron chi connectivity index (χ0n) is 12.1. The molecule has 6 N–H and O–H groups in total. The summed E-state index contributed by atoms with van der Waals surface area (Å²) in [6.07, 6.45) is 1.30. The van der Waals surface area contributed by atoms with Gasteiger partial charge < -0.3 is 30.8 Å². The summed E-state index contributed by atoms with van der Waals surface area (Å²) in [5.41, 5.74) is 6.80. The maximum absolute atomic E-state index is 10.1. The van der Waals surface area contributed by atoms with Gasteiger partial charge in [-0.3, -0.25) is 0 Å². The van der Waals surface area contributed by atoms with Crippen LogP contribution in [0.15, 0.2) is 23.0 Å². The van der Waals surface area contributed by atoms with E-state index in [1.165, 1.54) is 12.5 Å². The van der Waals surface area contributed by atoms with Crippen molar-refractivity contribution in [1.29, 1.82) is 0 Å². The Morgan fingerprint density at radius 3 is 2.74 bits per heavy atom. The molecule has 2 heterocycles. The molecule has 4 atom stereocenters. The maximum atomic E-state index is 10.1.